The number of piperazine rings is 1. The molecule has 4 nitrogen and oxygen atoms in total. The highest BCUT2D eigenvalue weighted by atomic mass is 16.2. The minimum Gasteiger partial charge on any atom is -0.340 e. The molecule has 1 saturated carbocycles. The molecule has 1 heterocycles. The van der Waals surface area contributed by atoms with E-state index < -0.39 is 5.54 Å². The van der Waals surface area contributed by atoms with Crippen LogP contribution >= 0.6 is 0 Å². The molecule has 2 fully saturated rings. The lowest BCUT2D eigenvalue weighted by molar-refractivity contribution is -0.159. The van der Waals surface area contributed by atoms with E-state index in [0.29, 0.717) is 19.4 Å². The number of amides is 2. The van der Waals surface area contributed by atoms with Gasteiger partial charge in [-0.25, -0.2) is 0 Å². The molecule has 0 radical (unpaired) electrons. The van der Waals surface area contributed by atoms with Crippen molar-refractivity contribution in [1.82, 2.24) is 10.2 Å². The minimum absolute atomic E-state index is 0.0473. The summed E-state index contributed by atoms with van der Waals surface area (Å²) in [7, 11) is 0. The molecule has 1 saturated heterocycles. The lowest BCUT2D eigenvalue weighted by Crippen LogP contribution is -2.71. The second-order valence-corrected chi connectivity index (χ2v) is 7.54. The van der Waals surface area contributed by atoms with E-state index in [2.05, 4.69) is 5.32 Å². The third-order valence-electron chi connectivity index (χ3n) is 6.14. The highest BCUT2D eigenvalue weighted by molar-refractivity contribution is 6.00. The molecular weight excluding hydrogens is 312 g/mol. The minimum atomic E-state index is -0.739. The Labute approximate surface area is 151 Å². The standard InChI is InChI=1S/C21H30N2O2/c1-3-21(4-2)20(25)23(15-16-11-7-5-8-12-16)18(19(24)22-21)17-13-9-6-10-14-17/h5,7-8,11-12,17-18H,3-4,6,9-10,13-15H2,1-2H3,(H,22,24). The Bertz CT molecular complexity index is 604. The predicted octanol–water partition coefficient (Wildman–Crippen LogP) is 3.65. The normalized spacial score (nSPS) is 24.2. The van der Waals surface area contributed by atoms with Crippen LogP contribution in [-0.4, -0.2) is 28.3 Å². The molecule has 1 aliphatic carbocycles. The van der Waals surface area contributed by atoms with Crippen molar-refractivity contribution in [2.24, 2.45) is 5.92 Å². The maximum absolute atomic E-state index is 13.4. The van der Waals surface area contributed by atoms with E-state index in [1.54, 1.807) is 0 Å². The van der Waals surface area contributed by atoms with E-state index in [0.717, 1.165) is 31.2 Å². The van der Waals surface area contributed by atoms with Gasteiger partial charge in [-0.15, -0.1) is 0 Å². The van der Waals surface area contributed by atoms with Crippen LogP contribution in [0.15, 0.2) is 30.3 Å². The second kappa shape index (κ2) is 7.59. The van der Waals surface area contributed by atoms with Crippen LogP contribution in [0.2, 0.25) is 0 Å². The molecule has 1 aliphatic heterocycles. The first kappa shape index (κ1) is 18.0. The summed E-state index contributed by atoms with van der Waals surface area (Å²) in [4.78, 5) is 28.4. The SMILES string of the molecule is CCC1(CC)NC(=O)C(C2CCCCC2)N(Cc2ccccc2)C1=O. The van der Waals surface area contributed by atoms with Gasteiger partial charge in [0, 0.05) is 6.54 Å². The molecule has 3 rings (SSSR count). The van der Waals surface area contributed by atoms with Crippen LogP contribution < -0.4 is 5.32 Å². The van der Waals surface area contributed by atoms with Gasteiger partial charge in [-0.3, -0.25) is 9.59 Å². The molecule has 0 spiro atoms. The molecule has 1 aromatic carbocycles. The molecule has 0 aromatic heterocycles. The summed E-state index contributed by atoms with van der Waals surface area (Å²) in [6, 6.07) is 9.72. The third-order valence-corrected chi connectivity index (χ3v) is 6.14. The van der Waals surface area contributed by atoms with Crippen LogP contribution in [-0.2, 0) is 16.1 Å². The number of nitrogens with zero attached hydrogens (tertiary/aromatic N) is 1. The maximum atomic E-state index is 13.4. The van der Waals surface area contributed by atoms with Gasteiger partial charge < -0.3 is 10.2 Å². The first-order chi connectivity index (χ1) is 12.1. The molecule has 0 bridgehead atoms. The van der Waals surface area contributed by atoms with Crippen molar-refractivity contribution in [2.45, 2.75) is 76.9 Å². The summed E-state index contributed by atoms with van der Waals surface area (Å²) < 4.78 is 0. The van der Waals surface area contributed by atoms with Crippen LogP contribution in [0, 0.1) is 5.92 Å². The summed E-state index contributed by atoms with van der Waals surface area (Å²) in [6.07, 6.45) is 6.92. The maximum Gasteiger partial charge on any atom is 0.249 e. The largest absolute Gasteiger partial charge is 0.340 e. The smallest absolute Gasteiger partial charge is 0.249 e. The average Bonchev–Trinajstić information content (AvgIpc) is 2.66. The number of hydrogen-bond acceptors (Lipinski definition) is 2. The Hall–Kier alpha value is -1.84. The molecule has 136 valence electrons. The quantitative estimate of drug-likeness (QED) is 0.888. The van der Waals surface area contributed by atoms with Crippen molar-refractivity contribution in [3.63, 3.8) is 0 Å². The summed E-state index contributed by atoms with van der Waals surface area (Å²) >= 11 is 0. The highest BCUT2D eigenvalue weighted by Gasteiger charge is 2.50. The van der Waals surface area contributed by atoms with Crippen LogP contribution in [0.5, 0.6) is 0 Å². The number of rotatable bonds is 5. The van der Waals surface area contributed by atoms with Gasteiger partial charge in [0.15, 0.2) is 0 Å². The average molecular weight is 342 g/mol. The van der Waals surface area contributed by atoms with E-state index in [-0.39, 0.29) is 23.8 Å². The molecular formula is C21H30N2O2. The third kappa shape index (κ3) is 3.44. The summed E-state index contributed by atoms with van der Waals surface area (Å²) in [5.74, 6) is 0.427. The highest BCUT2D eigenvalue weighted by Crippen LogP contribution is 2.35. The van der Waals surface area contributed by atoms with Crippen molar-refractivity contribution < 1.29 is 9.59 Å². The number of benzene rings is 1. The fourth-order valence-corrected chi connectivity index (χ4v) is 4.50. The molecule has 2 amide bonds. The lowest BCUT2D eigenvalue weighted by atomic mass is 9.78. The molecule has 25 heavy (non-hydrogen) atoms. The van der Waals surface area contributed by atoms with Crippen LogP contribution in [0.1, 0.15) is 64.4 Å². The molecule has 4 heteroatoms. The Kier molecular flexibility index (Phi) is 5.45. The predicted molar refractivity (Wildman–Crippen MR) is 98.8 cm³/mol. The molecule has 1 N–H and O–H groups in total. The van der Waals surface area contributed by atoms with E-state index in [9.17, 15) is 9.59 Å². The van der Waals surface area contributed by atoms with Gasteiger partial charge in [-0.2, -0.15) is 0 Å². The van der Waals surface area contributed by atoms with Crippen molar-refractivity contribution in [3.8, 4) is 0 Å². The van der Waals surface area contributed by atoms with Crippen molar-refractivity contribution in [1.29, 1.82) is 0 Å². The molecule has 1 unspecified atom stereocenters. The number of carbonyl (C=O) groups excluding carboxylic acids is 2. The topological polar surface area (TPSA) is 49.4 Å². The van der Waals surface area contributed by atoms with Crippen LogP contribution in [0.25, 0.3) is 0 Å². The van der Waals surface area contributed by atoms with Gasteiger partial charge in [-0.1, -0.05) is 63.4 Å². The van der Waals surface area contributed by atoms with Gasteiger partial charge in [0.2, 0.25) is 11.8 Å². The van der Waals surface area contributed by atoms with Gasteiger partial charge >= 0.3 is 0 Å². The number of hydrogen-bond donors (Lipinski definition) is 1. The van der Waals surface area contributed by atoms with Gasteiger partial charge in [0.05, 0.1) is 0 Å². The Balaban J connectivity index is 1.94. The first-order valence-corrected chi connectivity index (χ1v) is 9.78. The zero-order valence-corrected chi connectivity index (χ0v) is 15.5. The van der Waals surface area contributed by atoms with E-state index >= 15 is 0 Å². The van der Waals surface area contributed by atoms with Crippen molar-refractivity contribution in [3.05, 3.63) is 35.9 Å². The fourth-order valence-electron chi connectivity index (χ4n) is 4.50. The zero-order chi connectivity index (χ0) is 17.9. The Morgan fingerprint density at radius 2 is 1.68 bits per heavy atom. The Morgan fingerprint density at radius 3 is 2.28 bits per heavy atom. The zero-order valence-electron chi connectivity index (χ0n) is 15.5. The monoisotopic (exact) mass is 342 g/mol. The number of nitrogens with one attached hydrogen (secondary N) is 1. The van der Waals surface area contributed by atoms with E-state index in [1.807, 2.05) is 49.1 Å². The second-order valence-electron chi connectivity index (χ2n) is 7.54. The molecule has 2 aliphatic rings. The summed E-state index contributed by atoms with van der Waals surface area (Å²) in [6.45, 7) is 4.50. The van der Waals surface area contributed by atoms with Gasteiger partial charge in [0.1, 0.15) is 11.6 Å². The molecule has 1 aromatic rings. The summed E-state index contributed by atoms with van der Waals surface area (Å²) in [5.41, 5.74) is 0.351. The van der Waals surface area contributed by atoms with Crippen LogP contribution in [0.3, 0.4) is 0 Å². The van der Waals surface area contributed by atoms with E-state index in [4.69, 9.17) is 0 Å². The Morgan fingerprint density at radius 1 is 1.04 bits per heavy atom. The van der Waals surface area contributed by atoms with Gasteiger partial charge in [0.25, 0.3) is 0 Å². The number of carbonyl (C=O) groups is 2. The fraction of sp³-hybridized carbons (Fsp3) is 0.619. The lowest BCUT2D eigenvalue weighted by Gasteiger charge is -2.48. The summed E-state index contributed by atoms with van der Waals surface area (Å²) in [5, 5.41) is 3.11. The van der Waals surface area contributed by atoms with E-state index in [1.165, 1.54) is 6.42 Å². The van der Waals surface area contributed by atoms with Crippen molar-refractivity contribution in [2.75, 3.05) is 0 Å². The molecule has 1 atom stereocenters. The van der Waals surface area contributed by atoms with Crippen molar-refractivity contribution >= 4 is 11.8 Å². The van der Waals surface area contributed by atoms with Gasteiger partial charge in [-0.05, 0) is 37.2 Å². The first-order valence-electron chi connectivity index (χ1n) is 9.78. The van der Waals surface area contributed by atoms with Crippen LogP contribution in [0.4, 0.5) is 0 Å².